The van der Waals surface area contributed by atoms with Crippen molar-refractivity contribution in [2.75, 3.05) is 6.54 Å². The Balaban J connectivity index is 2.48. The molecule has 0 radical (unpaired) electrons. The summed E-state index contributed by atoms with van der Waals surface area (Å²) in [5, 5.41) is 3.47. The van der Waals surface area contributed by atoms with Crippen molar-refractivity contribution in [3.05, 3.63) is 23.2 Å². The van der Waals surface area contributed by atoms with Crippen LogP contribution in [0.4, 0.5) is 4.79 Å². The smallest absolute Gasteiger partial charge is 0.407 e. The fourth-order valence-electron chi connectivity index (χ4n) is 2.77. The summed E-state index contributed by atoms with van der Waals surface area (Å²) in [5.41, 5.74) is 5.38. The summed E-state index contributed by atoms with van der Waals surface area (Å²) in [6.45, 7) is 11.6. The molecular weight excluding hydrogens is 370 g/mol. The standard InChI is InChI=1S/C18H26ClN5O3/c1-17(2,3)12(9-22-16(26)27-18(4,5)6)24-11(13(20)25)7-10-8-21-15(19)23-14(10)24/h7-8,12H,9H2,1-6H3,(H2,20,25)(H,22,26)/t12-/m1/s1. The summed E-state index contributed by atoms with van der Waals surface area (Å²) >= 11 is 5.96. The maximum atomic E-state index is 12.1. The number of ether oxygens (including phenoxy) is 1. The van der Waals surface area contributed by atoms with Crippen LogP contribution in [0.25, 0.3) is 11.0 Å². The lowest BCUT2D eigenvalue weighted by Gasteiger charge is -2.33. The number of nitrogens with one attached hydrogen (secondary N) is 1. The van der Waals surface area contributed by atoms with Gasteiger partial charge in [0.05, 0.1) is 6.04 Å². The summed E-state index contributed by atoms with van der Waals surface area (Å²) in [5.74, 6) is -0.601. The van der Waals surface area contributed by atoms with Gasteiger partial charge in [-0.3, -0.25) is 4.79 Å². The van der Waals surface area contributed by atoms with Crippen LogP contribution in [0, 0.1) is 5.41 Å². The highest BCUT2D eigenvalue weighted by atomic mass is 35.5. The Hall–Kier alpha value is -2.35. The number of carbonyl (C=O) groups is 2. The molecular formula is C18H26ClN5O3. The molecule has 0 aliphatic heterocycles. The van der Waals surface area contributed by atoms with Crippen LogP contribution in [0.5, 0.6) is 0 Å². The second-order valence-corrected chi connectivity index (χ2v) is 8.78. The molecule has 2 heterocycles. The van der Waals surface area contributed by atoms with Gasteiger partial charge in [0.25, 0.3) is 5.91 Å². The summed E-state index contributed by atoms with van der Waals surface area (Å²) in [4.78, 5) is 32.4. The van der Waals surface area contributed by atoms with Crippen LogP contribution in [0.1, 0.15) is 58.1 Å². The Morgan fingerprint density at radius 3 is 2.44 bits per heavy atom. The van der Waals surface area contributed by atoms with Crippen molar-refractivity contribution in [2.24, 2.45) is 11.1 Å². The Bertz CT molecular complexity index is 864. The molecule has 2 amide bonds. The number of fused-ring (bicyclic) bond motifs is 1. The SMILES string of the molecule is CC(C)(C)OC(=O)NC[C@@H](n1c(C(N)=O)cc2cnc(Cl)nc21)C(C)(C)C. The molecule has 2 rings (SSSR count). The normalized spacial score (nSPS) is 13.4. The average Bonchev–Trinajstić information content (AvgIpc) is 2.83. The quantitative estimate of drug-likeness (QED) is 0.771. The zero-order chi connectivity index (χ0) is 20.6. The maximum absolute atomic E-state index is 12.1. The van der Waals surface area contributed by atoms with Gasteiger partial charge in [-0.1, -0.05) is 20.8 Å². The van der Waals surface area contributed by atoms with Crippen LogP contribution in [-0.4, -0.2) is 38.7 Å². The number of amides is 2. The predicted molar refractivity (Wildman–Crippen MR) is 104 cm³/mol. The first-order chi connectivity index (χ1) is 12.3. The number of alkyl carbamates (subject to hydrolysis) is 1. The maximum Gasteiger partial charge on any atom is 0.407 e. The molecule has 0 aromatic carbocycles. The molecule has 0 aliphatic carbocycles. The Kier molecular flexibility index (Phi) is 5.70. The first-order valence-corrected chi connectivity index (χ1v) is 8.97. The van der Waals surface area contributed by atoms with Gasteiger partial charge < -0.3 is 20.4 Å². The number of primary amides is 1. The first-order valence-electron chi connectivity index (χ1n) is 8.60. The van der Waals surface area contributed by atoms with E-state index in [2.05, 4.69) is 15.3 Å². The minimum atomic E-state index is -0.611. The van der Waals surface area contributed by atoms with E-state index < -0.39 is 17.6 Å². The third-order valence-electron chi connectivity index (χ3n) is 3.95. The van der Waals surface area contributed by atoms with Crippen LogP contribution in [0.15, 0.2) is 12.3 Å². The minimum absolute atomic E-state index is 0.0608. The van der Waals surface area contributed by atoms with Gasteiger partial charge in [-0.05, 0) is 43.9 Å². The van der Waals surface area contributed by atoms with Crippen LogP contribution in [0.2, 0.25) is 5.28 Å². The molecule has 0 aliphatic rings. The van der Waals surface area contributed by atoms with E-state index in [-0.39, 0.29) is 29.0 Å². The molecule has 0 saturated carbocycles. The molecule has 1 atom stereocenters. The average molecular weight is 396 g/mol. The van der Waals surface area contributed by atoms with Crippen molar-refractivity contribution >= 4 is 34.6 Å². The van der Waals surface area contributed by atoms with Gasteiger partial charge in [-0.2, -0.15) is 4.98 Å². The molecule has 0 bridgehead atoms. The summed E-state index contributed by atoms with van der Waals surface area (Å²) < 4.78 is 7.02. The highest BCUT2D eigenvalue weighted by molar-refractivity contribution is 6.28. The Morgan fingerprint density at radius 1 is 1.30 bits per heavy atom. The number of halogens is 1. The monoisotopic (exact) mass is 395 g/mol. The molecule has 148 valence electrons. The molecule has 8 nitrogen and oxygen atoms in total. The Labute approximate surface area is 163 Å². The van der Waals surface area contributed by atoms with E-state index >= 15 is 0 Å². The highest BCUT2D eigenvalue weighted by Gasteiger charge is 2.32. The van der Waals surface area contributed by atoms with Gasteiger partial charge >= 0.3 is 6.09 Å². The number of hydrogen-bond acceptors (Lipinski definition) is 5. The largest absolute Gasteiger partial charge is 0.444 e. The lowest BCUT2D eigenvalue weighted by atomic mass is 9.86. The van der Waals surface area contributed by atoms with Gasteiger partial charge in [0.15, 0.2) is 0 Å². The lowest BCUT2D eigenvalue weighted by Crippen LogP contribution is -2.40. The second-order valence-electron chi connectivity index (χ2n) is 8.45. The molecule has 0 spiro atoms. The third-order valence-corrected chi connectivity index (χ3v) is 4.13. The van der Waals surface area contributed by atoms with E-state index in [1.807, 2.05) is 20.8 Å². The van der Waals surface area contributed by atoms with Crippen molar-refractivity contribution in [3.63, 3.8) is 0 Å². The number of nitrogens with two attached hydrogens (primary N) is 1. The van der Waals surface area contributed by atoms with Crippen LogP contribution >= 0.6 is 11.6 Å². The van der Waals surface area contributed by atoms with Gasteiger partial charge in [0.1, 0.15) is 16.9 Å². The zero-order valence-electron chi connectivity index (χ0n) is 16.5. The first kappa shape index (κ1) is 21.0. The highest BCUT2D eigenvalue weighted by Crippen LogP contribution is 2.34. The second kappa shape index (κ2) is 7.34. The van der Waals surface area contributed by atoms with Gasteiger partial charge in [-0.25, -0.2) is 9.78 Å². The van der Waals surface area contributed by atoms with E-state index in [9.17, 15) is 9.59 Å². The van der Waals surface area contributed by atoms with Gasteiger partial charge in [-0.15, -0.1) is 0 Å². The van der Waals surface area contributed by atoms with Crippen molar-refractivity contribution < 1.29 is 14.3 Å². The molecule has 3 N–H and O–H groups in total. The Morgan fingerprint density at radius 2 is 1.93 bits per heavy atom. The van der Waals surface area contributed by atoms with Crippen molar-refractivity contribution in [2.45, 2.75) is 53.2 Å². The van der Waals surface area contributed by atoms with Crippen LogP contribution in [0.3, 0.4) is 0 Å². The molecule has 0 fully saturated rings. The zero-order valence-corrected chi connectivity index (χ0v) is 17.2. The molecule has 0 unspecified atom stereocenters. The molecule has 9 heteroatoms. The lowest BCUT2D eigenvalue weighted by molar-refractivity contribution is 0.0508. The van der Waals surface area contributed by atoms with E-state index in [1.165, 1.54) is 6.20 Å². The molecule has 0 saturated heterocycles. The summed E-state index contributed by atoms with van der Waals surface area (Å²) in [6.07, 6.45) is 0.996. The predicted octanol–water partition coefficient (Wildman–Crippen LogP) is 3.30. The summed E-state index contributed by atoms with van der Waals surface area (Å²) in [6, 6.07) is 1.29. The van der Waals surface area contributed by atoms with Gasteiger partial charge in [0, 0.05) is 18.1 Å². The number of rotatable bonds is 4. The van der Waals surface area contributed by atoms with E-state index in [1.54, 1.807) is 31.4 Å². The van der Waals surface area contributed by atoms with Crippen LogP contribution in [-0.2, 0) is 4.74 Å². The fraction of sp³-hybridized carbons (Fsp3) is 0.556. The van der Waals surface area contributed by atoms with Crippen LogP contribution < -0.4 is 11.1 Å². The van der Waals surface area contributed by atoms with Gasteiger partial charge in [0.2, 0.25) is 5.28 Å². The molecule has 2 aromatic rings. The molecule has 27 heavy (non-hydrogen) atoms. The van der Waals surface area contributed by atoms with Crippen molar-refractivity contribution in [1.82, 2.24) is 19.9 Å². The minimum Gasteiger partial charge on any atom is -0.444 e. The van der Waals surface area contributed by atoms with Crippen molar-refractivity contribution in [1.29, 1.82) is 0 Å². The van der Waals surface area contributed by atoms with E-state index in [0.29, 0.717) is 11.0 Å². The van der Waals surface area contributed by atoms with E-state index in [0.717, 1.165) is 0 Å². The third kappa shape index (κ3) is 5.09. The number of aromatic nitrogens is 3. The summed E-state index contributed by atoms with van der Waals surface area (Å²) in [7, 11) is 0. The number of hydrogen-bond donors (Lipinski definition) is 2. The van der Waals surface area contributed by atoms with Crippen molar-refractivity contribution in [3.8, 4) is 0 Å². The fourth-order valence-corrected chi connectivity index (χ4v) is 2.90. The number of nitrogens with zero attached hydrogens (tertiary/aromatic N) is 3. The molecule has 2 aromatic heterocycles. The number of carbonyl (C=O) groups excluding carboxylic acids is 2. The van der Waals surface area contributed by atoms with E-state index in [4.69, 9.17) is 22.1 Å². The topological polar surface area (TPSA) is 112 Å².